The molecule has 0 saturated carbocycles. The summed E-state index contributed by atoms with van der Waals surface area (Å²) in [6.07, 6.45) is 16.7. The normalized spacial score (nSPS) is 13.4. The summed E-state index contributed by atoms with van der Waals surface area (Å²) in [5.74, 6) is 0. The molecule has 0 heterocycles. The molecule has 0 aliphatic carbocycles. The molecule has 0 aromatic carbocycles. The van der Waals surface area contributed by atoms with Crippen LogP contribution in [0.4, 0.5) is 0 Å². The van der Waals surface area contributed by atoms with Crippen LogP contribution in [0.15, 0.2) is 25.3 Å². The lowest BCUT2D eigenvalue weighted by Gasteiger charge is -2.32. The molecular formula is C19H35NO. The molecule has 0 N–H and O–H groups in total. The number of rotatable bonds is 15. The predicted molar refractivity (Wildman–Crippen MR) is 93.4 cm³/mol. The zero-order valence-electron chi connectivity index (χ0n) is 14.2. The number of carbonyl (C=O) groups is 1. The van der Waals surface area contributed by atoms with E-state index in [4.69, 9.17) is 0 Å². The fourth-order valence-electron chi connectivity index (χ4n) is 2.74. The van der Waals surface area contributed by atoms with Gasteiger partial charge in [0, 0.05) is 0 Å². The standard InChI is InChI=1S/C19H35NO/c1-5-9-11-13-15-18(7-3)20(17-21)19(8-4)16-14-12-10-6-2/h7-8,17-19H,3-6,9-16H2,1-2H3. The van der Waals surface area contributed by atoms with Crippen molar-refractivity contribution in [3.8, 4) is 0 Å². The second-order valence-corrected chi connectivity index (χ2v) is 5.86. The number of nitrogens with zero attached hydrogens (tertiary/aromatic N) is 1. The fraction of sp³-hybridized carbons (Fsp3) is 0.737. The van der Waals surface area contributed by atoms with E-state index in [1.54, 1.807) is 0 Å². The molecule has 0 fully saturated rings. The molecule has 2 heteroatoms. The molecule has 0 radical (unpaired) electrons. The fourth-order valence-corrected chi connectivity index (χ4v) is 2.74. The van der Waals surface area contributed by atoms with Crippen molar-refractivity contribution in [3.05, 3.63) is 25.3 Å². The van der Waals surface area contributed by atoms with Crippen molar-refractivity contribution in [2.24, 2.45) is 0 Å². The van der Waals surface area contributed by atoms with Gasteiger partial charge in [0.2, 0.25) is 6.41 Å². The average Bonchev–Trinajstić information content (AvgIpc) is 2.51. The molecule has 0 bridgehead atoms. The van der Waals surface area contributed by atoms with Crippen LogP contribution in [-0.4, -0.2) is 23.4 Å². The van der Waals surface area contributed by atoms with E-state index in [1.807, 2.05) is 17.1 Å². The number of unbranched alkanes of at least 4 members (excludes halogenated alkanes) is 6. The summed E-state index contributed by atoms with van der Waals surface area (Å²) in [7, 11) is 0. The Morgan fingerprint density at radius 2 is 1.24 bits per heavy atom. The third-order valence-corrected chi connectivity index (χ3v) is 4.14. The molecule has 0 aliphatic rings. The summed E-state index contributed by atoms with van der Waals surface area (Å²) >= 11 is 0. The first-order valence-corrected chi connectivity index (χ1v) is 8.72. The van der Waals surface area contributed by atoms with Crippen molar-refractivity contribution in [1.82, 2.24) is 4.90 Å². The first-order chi connectivity index (χ1) is 10.2. The van der Waals surface area contributed by atoms with Crippen LogP contribution in [0.1, 0.15) is 78.1 Å². The Kier molecular flexibility index (Phi) is 13.2. The highest BCUT2D eigenvalue weighted by Gasteiger charge is 2.20. The smallest absolute Gasteiger partial charge is 0.210 e. The summed E-state index contributed by atoms with van der Waals surface area (Å²) < 4.78 is 0. The van der Waals surface area contributed by atoms with Crippen LogP contribution in [0.5, 0.6) is 0 Å². The quantitative estimate of drug-likeness (QED) is 0.222. The first-order valence-electron chi connectivity index (χ1n) is 8.72. The second-order valence-electron chi connectivity index (χ2n) is 5.86. The number of hydrogen-bond acceptors (Lipinski definition) is 1. The van der Waals surface area contributed by atoms with Crippen molar-refractivity contribution in [2.75, 3.05) is 0 Å². The van der Waals surface area contributed by atoms with Crippen molar-refractivity contribution in [2.45, 2.75) is 90.1 Å². The van der Waals surface area contributed by atoms with Crippen molar-refractivity contribution < 1.29 is 4.79 Å². The highest BCUT2D eigenvalue weighted by molar-refractivity contribution is 5.49. The van der Waals surface area contributed by atoms with Gasteiger partial charge in [-0.2, -0.15) is 0 Å². The molecule has 0 aliphatic heterocycles. The Hall–Kier alpha value is -1.05. The Labute approximate surface area is 132 Å². The zero-order chi connectivity index (χ0) is 15.9. The van der Waals surface area contributed by atoms with E-state index >= 15 is 0 Å². The Morgan fingerprint density at radius 1 is 0.810 bits per heavy atom. The van der Waals surface area contributed by atoms with Crippen LogP contribution in [0, 0.1) is 0 Å². The molecule has 0 aromatic heterocycles. The maximum Gasteiger partial charge on any atom is 0.210 e. The van der Waals surface area contributed by atoms with Gasteiger partial charge in [0.05, 0.1) is 12.1 Å². The van der Waals surface area contributed by atoms with E-state index in [2.05, 4.69) is 27.0 Å². The summed E-state index contributed by atoms with van der Waals surface area (Å²) in [4.78, 5) is 13.4. The lowest BCUT2D eigenvalue weighted by Crippen LogP contribution is -2.40. The maximum absolute atomic E-state index is 11.5. The monoisotopic (exact) mass is 293 g/mol. The second kappa shape index (κ2) is 13.9. The number of hydrogen-bond donors (Lipinski definition) is 0. The summed E-state index contributed by atoms with van der Waals surface area (Å²) in [5.41, 5.74) is 0. The van der Waals surface area contributed by atoms with Crippen LogP contribution in [0.25, 0.3) is 0 Å². The van der Waals surface area contributed by atoms with Crippen molar-refractivity contribution >= 4 is 6.41 Å². The molecule has 2 atom stereocenters. The summed E-state index contributed by atoms with van der Waals surface area (Å²) in [6.45, 7) is 12.3. The molecule has 0 saturated heterocycles. The van der Waals surface area contributed by atoms with Crippen LogP contribution < -0.4 is 0 Å². The Bertz CT molecular complexity index is 251. The van der Waals surface area contributed by atoms with Gasteiger partial charge < -0.3 is 4.90 Å². The van der Waals surface area contributed by atoms with Gasteiger partial charge >= 0.3 is 0 Å². The maximum atomic E-state index is 11.5. The number of carbonyl (C=O) groups excluding carboxylic acids is 1. The third kappa shape index (κ3) is 8.75. The van der Waals surface area contributed by atoms with E-state index in [-0.39, 0.29) is 12.1 Å². The van der Waals surface area contributed by atoms with Crippen LogP contribution >= 0.6 is 0 Å². The minimum atomic E-state index is 0.147. The summed E-state index contributed by atoms with van der Waals surface area (Å²) in [6, 6.07) is 0.294. The van der Waals surface area contributed by atoms with Gasteiger partial charge in [-0.25, -0.2) is 0 Å². The molecule has 0 rings (SSSR count). The van der Waals surface area contributed by atoms with Gasteiger partial charge in [-0.15, -0.1) is 13.2 Å². The van der Waals surface area contributed by atoms with Gasteiger partial charge in [0.1, 0.15) is 0 Å². The van der Waals surface area contributed by atoms with Gasteiger partial charge in [0.25, 0.3) is 0 Å². The highest BCUT2D eigenvalue weighted by Crippen LogP contribution is 2.18. The number of amides is 1. The van der Waals surface area contributed by atoms with Gasteiger partial charge in [-0.1, -0.05) is 77.4 Å². The van der Waals surface area contributed by atoms with E-state index in [1.165, 1.54) is 38.5 Å². The molecule has 0 aromatic rings. The molecule has 122 valence electrons. The molecule has 2 unspecified atom stereocenters. The van der Waals surface area contributed by atoms with E-state index in [0.717, 1.165) is 32.1 Å². The van der Waals surface area contributed by atoms with Gasteiger partial charge in [0.15, 0.2) is 0 Å². The largest absolute Gasteiger partial charge is 0.332 e. The molecule has 0 spiro atoms. The minimum Gasteiger partial charge on any atom is -0.332 e. The first kappa shape index (κ1) is 19.9. The average molecular weight is 293 g/mol. The topological polar surface area (TPSA) is 20.3 Å². The lowest BCUT2D eigenvalue weighted by atomic mass is 10.0. The van der Waals surface area contributed by atoms with E-state index < -0.39 is 0 Å². The van der Waals surface area contributed by atoms with Crippen LogP contribution in [0.2, 0.25) is 0 Å². The molecular weight excluding hydrogens is 258 g/mol. The Morgan fingerprint density at radius 3 is 1.52 bits per heavy atom. The van der Waals surface area contributed by atoms with Crippen molar-refractivity contribution in [1.29, 1.82) is 0 Å². The van der Waals surface area contributed by atoms with Crippen molar-refractivity contribution in [3.63, 3.8) is 0 Å². The molecule has 2 nitrogen and oxygen atoms in total. The van der Waals surface area contributed by atoms with E-state index in [9.17, 15) is 4.79 Å². The lowest BCUT2D eigenvalue weighted by molar-refractivity contribution is -0.121. The van der Waals surface area contributed by atoms with Crippen LogP contribution in [0.3, 0.4) is 0 Å². The minimum absolute atomic E-state index is 0.147. The van der Waals surface area contributed by atoms with Gasteiger partial charge in [-0.3, -0.25) is 4.79 Å². The highest BCUT2D eigenvalue weighted by atomic mass is 16.1. The van der Waals surface area contributed by atoms with Gasteiger partial charge in [-0.05, 0) is 12.8 Å². The molecule has 1 amide bonds. The third-order valence-electron chi connectivity index (χ3n) is 4.14. The van der Waals surface area contributed by atoms with E-state index in [0.29, 0.717) is 0 Å². The predicted octanol–water partition coefficient (Wildman–Crippen LogP) is 5.49. The molecule has 21 heavy (non-hydrogen) atoms. The summed E-state index contributed by atoms with van der Waals surface area (Å²) in [5, 5.41) is 0. The SMILES string of the molecule is C=CC(CCCCCC)N(C=O)C(C=C)CCCCCC. The Balaban J connectivity index is 4.39. The zero-order valence-corrected chi connectivity index (χ0v) is 14.2. The van der Waals surface area contributed by atoms with Crippen LogP contribution in [-0.2, 0) is 4.79 Å².